The lowest BCUT2D eigenvalue weighted by molar-refractivity contribution is 0.103. The van der Waals surface area contributed by atoms with Crippen LogP contribution >= 0.6 is 11.3 Å². The van der Waals surface area contributed by atoms with E-state index in [-0.39, 0.29) is 5.91 Å². The Morgan fingerprint density at radius 1 is 0.974 bits per heavy atom. The molecular formula is C27H31N9OS. The molecule has 1 aliphatic rings. The summed E-state index contributed by atoms with van der Waals surface area (Å²) in [6.07, 6.45) is 4.07. The fourth-order valence-corrected chi connectivity index (χ4v) is 5.23. The Balaban J connectivity index is 1.27. The molecule has 38 heavy (non-hydrogen) atoms. The van der Waals surface area contributed by atoms with Gasteiger partial charge in [0.15, 0.2) is 5.13 Å². The number of nitrogens with zero attached hydrogens (tertiary/aromatic N) is 7. The molecule has 0 unspecified atom stereocenters. The monoisotopic (exact) mass is 529 g/mol. The summed E-state index contributed by atoms with van der Waals surface area (Å²) in [6.45, 7) is 11.3. The van der Waals surface area contributed by atoms with E-state index in [0.717, 1.165) is 48.8 Å². The first kappa shape index (κ1) is 25.5. The number of amides is 1. The number of hydrogen-bond acceptors (Lipinski definition) is 10. The molecule has 1 amide bonds. The molecule has 0 atom stereocenters. The topological polar surface area (TPSA) is 112 Å². The van der Waals surface area contributed by atoms with E-state index in [4.69, 9.17) is 0 Å². The summed E-state index contributed by atoms with van der Waals surface area (Å²) >= 11 is 1.26. The molecule has 196 valence electrons. The summed E-state index contributed by atoms with van der Waals surface area (Å²) < 4.78 is 0. The van der Waals surface area contributed by atoms with E-state index in [2.05, 4.69) is 57.5 Å². The Hall–Kier alpha value is -4.12. The number of carbonyl (C=O) groups excluding carboxylic acids is 1. The van der Waals surface area contributed by atoms with E-state index in [1.54, 1.807) is 6.20 Å². The van der Waals surface area contributed by atoms with Crippen LogP contribution in [-0.4, -0.2) is 57.0 Å². The summed E-state index contributed by atoms with van der Waals surface area (Å²) in [7, 11) is 0. The molecule has 1 saturated heterocycles. The second kappa shape index (κ2) is 11.1. The smallest absolute Gasteiger partial charge is 0.267 e. The van der Waals surface area contributed by atoms with Gasteiger partial charge in [-0.3, -0.25) is 10.1 Å². The Bertz CT molecular complexity index is 1410. The maximum atomic E-state index is 12.9. The van der Waals surface area contributed by atoms with Crippen molar-refractivity contribution in [3.8, 4) is 0 Å². The summed E-state index contributed by atoms with van der Waals surface area (Å²) in [5, 5.41) is 6.76. The second-order valence-corrected chi connectivity index (χ2v) is 10.3. The van der Waals surface area contributed by atoms with Crippen molar-refractivity contribution in [3.05, 3.63) is 70.1 Å². The number of aryl methyl sites for hydroxylation is 4. The van der Waals surface area contributed by atoms with Gasteiger partial charge in [0.1, 0.15) is 16.5 Å². The number of nitrogens with one attached hydrogen (secondary N) is 2. The molecule has 1 fully saturated rings. The van der Waals surface area contributed by atoms with Gasteiger partial charge in [-0.2, -0.15) is 15.0 Å². The molecule has 3 aromatic heterocycles. The highest BCUT2D eigenvalue weighted by molar-refractivity contribution is 7.17. The van der Waals surface area contributed by atoms with E-state index in [1.165, 1.54) is 16.9 Å². The number of carbonyl (C=O) groups is 1. The predicted octanol–water partition coefficient (Wildman–Crippen LogP) is 4.53. The second-order valence-electron chi connectivity index (χ2n) is 9.27. The van der Waals surface area contributed by atoms with Crippen LogP contribution in [0.1, 0.15) is 39.1 Å². The van der Waals surface area contributed by atoms with Crippen molar-refractivity contribution >= 4 is 45.8 Å². The normalized spacial score (nSPS) is 13.5. The first-order valence-electron chi connectivity index (χ1n) is 12.7. The number of thiazole rings is 1. The zero-order valence-electron chi connectivity index (χ0n) is 22.0. The highest BCUT2D eigenvalue weighted by Crippen LogP contribution is 2.26. The lowest BCUT2D eigenvalue weighted by Gasteiger charge is -2.35. The molecule has 4 heterocycles. The van der Waals surface area contributed by atoms with Crippen LogP contribution in [0.25, 0.3) is 0 Å². The van der Waals surface area contributed by atoms with Crippen LogP contribution in [-0.2, 0) is 6.42 Å². The van der Waals surface area contributed by atoms with Crippen LogP contribution in [0.3, 0.4) is 0 Å². The molecule has 4 aromatic rings. The fraction of sp³-hybridized carbons (Fsp3) is 0.333. The van der Waals surface area contributed by atoms with Crippen molar-refractivity contribution < 1.29 is 4.79 Å². The van der Waals surface area contributed by atoms with Gasteiger partial charge in [0.25, 0.3) is 5.91 Å². The number of aromatic nitrogens is 5. The first-order valence-corrected chi connectivity index (χ1v) is 13.5. The van der Waals surface area contributed by atoms with Crippen LogP contribution in [0.2, 0.25) is 0 Å². The van der Waals surface area contributed by atoms with E-state index >= 15 is 0 Å². The van der Waals surface area contributed by atoms with E-state index in [9.17, 15) is 4.79 Å². The van der Waals surface area contributed by atoms with Crippen molar-refractivity contribution in [2.75, 3.05) is 46.6 Å². The zero-order valence-corrected chi connectivity index (χ0v) is 22.8. The third-order valence-electron chi connectivity index (χ3n) is 6.39. The highest BCUT2D eigenvalue weighted by Gasteiger charge is 2.22. The Morgan fingerprint density at radius 2 is 1.71 bits per heavy atom. The van der Waals surface area contributed by atoms with Gasteiger partial charge in [0.05, 0.1) is 6.20 Å². The molecule has 0 radical (unpaired) electrons. The highest BCUT2D eigenvalue weighted by atomic mass is 32.1. The standard InChI is InChI=1S/C27H31N9OS/c1-5-21-30-25(33-26(31-21)36-12-10-35(11-13-36)22-8-6-7-9-28-22)34-27-29-16-20(38-27)24(37)32-23-18(3)14-17(2)15-19(23)4/h6-9,14-16H,5,10-13H2,1-4H3,(H,32,37)(H,29,30,31,33,34). The largest absolute Gasteiger partial charge is 0.353 e. The molecule has 0 bridgehead atoms. The average molecular weight is 530 g/mol. The van der Waals surface area contributed by atoms with Crippen LogP contribution in [0.15, 0.2) is 42.7 Å². The molecule has 10 nitrogen and oxygen atoms in total. The van der Waals surface area contributed by atoms with Crippen LogP contribution in [0.5, 0.6) is 0 Å². The van der Waals surface area contributed by atoms with Gasteiger partial charge in [-0.1, -0.05) is 42.0 Å². The van der Waals surface area contributed by atoms with E-state index in [1.807, 2.05) is 52.1 Å². The molecule has 0 aliphatic carbocycles. The SMILES string of the molecule is CCc1nc(Nc2ncc(C(=O)Nc3c(C)cc(C)cc3C)s2)nc(N2CCN(c3ccccn3)CC2)n1. The molecule has 0 spiro atoms. The maximum absolute atomic E-state index is 12.9. The van der Waals surface area contributed by atoms with Gasteiger partial charge in [0, 0.05) is 44.5 Å². The zero-order chi connectivity index (χ0) is 26.6. The van der Waals surface area contributed by atoms with E-state index in [0.29, 0.717) is 34.2 Å². The molecule has 2 N–H and O–H groups in total. The quantitative estimate of drug-likeness (QED) is 0.356. The minimum atomic E-state index is -0.193. The van der Waals surface area contributed by atoms with Crippen molar-refractivity contribution in [1.82, 2.24) is 24.9 Å². The lowest BCUT2D eigenvalue weighted by atomic mass is 10.1. The third-order valence-corrected chi connectivity index (χ3v) is 7.30. The van der Waals surface area contributed by atoms with Crippen LogP contribution in [0.4, 0.5) is 28.5 Å². The van der Waals surface area contributed by atoms with Crippen molar-refractivity contribution in [3.63, 3.8) is 0 Å². The number of piperazine rings is 1. The average Bonchev–Trinajstić information content (AvgIpc) is 3.39. The third kappa shape index (κ3) is 5.72. The summed E-state index contributed by atoms with van der Waals surface area (Å²) in [6, 6.07) is 10.1. The molecule has 5 rings (SSSR count). The molecule has 1 aliphatic heterocycles. The number of benzene rings is 1. The Labute approximate surface area is 226 Å². The number of hydrogen-bond donors (Lipinski definition) is 2. The number of anilines is 5. The molecule has 0 saturated carbocycles. The Morgan fingerprint density at radius 3 is 2.39 bits per heavy atom. The van der Waals surface area contributed by atoms with Gasteiger partial charge in [-0.05, 0) is 44.0 Å². The van der Waals surface area contributed by atoms with Crippen LogP contribution < -0.4 is 20.4 Å². The van der Waals surface area contributed by atoms with E-state index < -0.39 is 0 Å². The number of pyridine rings is 1. The molecular weight excluding hydrogens is 498 g/mol. The number of rotatable bonds is 7. The molecule has 11 heteroatoms. The van der Waals surface area contributed by atoms with Crippen molar-refractivity contribution in [2.24, 2.45) is 0 Å². The van der Waals surface area contributed by atoms with Gasteiger partial charge in [-0.15, -0.1) is 0 Å². The maximum Gasteiger partial charge on any atom is 0.267 e. The van der Waals surface area contributed by atoms with Gasteiger partial charge >= 0.3 is 0 Å². The Kier molecular flexibility index (Phi) is 7.45. The van der Waals surface area contributed by atoms with Crippen molar-refractivity contribution in [1.29, 1.82) is 0 Å². The van der Waals surface area contributed by atoms with Gasteiger partial charge < -0.3 is 15.1 Å². The summed E-state index contributed by atoms with van der Waals surface area (Å²) in [4.78, 5) is 40.6. The minimum Gasteiger partial charge on any atom is -0.353 e. The van der Waals surface area contributed by atoms with Crippen molar-refractivity contribution in [2.45, 2.75) is 34.1 Å². The molecule has 1 aromatic carbocycles. The van der Waals surface area contributed by atoms with Gasteiger partial charge in [0.2, 0.25) is 11.9 Å². The first-order chi connectivity index (χ1) is 18.4. The predicted molar refractivity (Wildman–Crippen MR) is 152 cm³/mol. The fourth-order valence-electron chi connectivity index (χ4n) is 4.52. The lowest BCUT2D eigenvalue weighted by Crippen LogP contribution is -2.47. The van der Waals surface area contributed by atoms with Gasteiger partial charge in [-0.25, -0.2) is 9.97 Å². The minimum absolute atomic E-state index is 0.193. The summed E-state index contributed by atoms with van der Waals surface area (Å²) in [5.41, 5.74) is 4.07. The van der Waals surface area contributed by atoms with Crippen LogP contribution in [0, 0.1) is 20.8 Å². The summed E-state index contributed by atoms with van der Waals surface area (Å²) in [5.74, 6) is 2.55.